The van der Waals surface area contributed by atoms with E-state index in [-0.39, 0.29) is 6.10 Å². The van der Waals surface area contributed by atoms with Crippen molar-refractivity contribution >= 4 is 0 Å². The lowest BCUT2D eigenvalue weighted by atomic mass is 10.1. The van der Waals surface area contributed by atoms with E-state index >= 15 is 0 Å². The second kappa shape index (κ2) is 4.90. The van der Waals surface area contributed by atoms with E-state index in [9.17, 15) is 5.11 Å². The van der Waals surface area contributed by atoms with Gasteiger partial charge in [-0.15, -0.1) is 0 Å². The van der Waals surface area contributed by atoms with Crippen LogP contribution in [0, 0.1) is 5.92 Å². The molecule has 1 aromatic rings. The van der Waals surface area contributed by atoms with E-state index in [2.05, 4.69) is 4.90 Å². The minimum absolute atomic E-state index is 0.379. The molecular formula is C15H21NO2. The highest BCUT2D eigenvalue weighted by Crippen LogP contribution is 2.38. The van der Waals surface area contributed by atoms with Crippen molar-refractivity contribution in [2.24, 2.45) is 5.92 Å². The van der Waals surface area contributed by atoms with E-state index in [0.717, 1.165) is 29.8 Å². The Morgan fingerprint density at radius 1 is 1.33 bits per heavy atom. The van der Waals surface area contributed by atoms with Gasteiger partial charge in [0.25, 0.3) is 0 Å². The van der Waals surface area contributed by atoms with Crippen LogP contribution >= 0.6 is 0 Å². The number of methoxy groups -OCH3 is 1. The third kappa shape index (κ3) is 2.25. The number of ether oxygens (including phenoxy) is 1. The molecule has 3 heteroatoms. The van der Waals surface area contributed by atoms with Gasteiger partial charge in [-0.25, -0.2) is 0 Å². The summed E-state index contributed by atoms with van der Waals surface area (Å²) in [5.74, 6) is 1.73. The predicted octanol–water partition coefficient (Wildman–Crippen LogP) is 2.21. The molecule has 1 saturated heterocycles. The minimum atomic E-state index is -0.379. The average Bonchev–Trinajstić information content (AvgIpc) is 3.01. The molecule has 0 radical (unpaired) electrons. The van der Waals surface area contributed by atoms with E-state index in [1.165, 1.54) is 25.8 Å². The van der Waals surface area contributed by atoms with E-state index in [4.69, 9.17) is 4.74 Å². The second-order valence-corrected chi connectivity index (χ2v) is 5.58. The number of likely N-dealkylation sites (tertiary alicyclic amines) is 1. The maximum absolute atomic E-state index is 10.3. The Morgan fingerprint density at radius 2 is 2.11 bits per heavy atom. The number of fused-ring (bicyclic) bond motifs is 2. The molecule has 1 aliphatic carbocycles. The first-order chi connectivity index (χ1) is 8.76. The van der Waals surface area contributed by atoms with Gasteiger partial charge in [-0.1, -0.05) is 12.1 Å². The SMILES string of the molecule is COc1ccc(C(O)CN2CC3CCC2C3)cc1. The number of piperidine rings is 1. The fourth-order valence-corrected chi connectivity index (χ4v) is 3.40. The summed E-state index contributed by atoms with van der Waals surface area (Å²) < 4.78 is 5.13. The van der Waals surface area contributed by atoms with Crippen molar-refractivity contribution < 1.29 is 9.84 Å². The summed E-state index contributed by atoms with van der Waals surface area (Å²) >= 11 is 0. The molecule has 2 fully saturated rings. The zero-order valence-electron chi connectivity index (χ0n) is 10.9. The standard InChI is InChI=1S/C15H21NO2/c1-18-14-6-3-12(4-7-14)15(17)10-16-9-11-2-5-13(16)8-11/h3-4,6-7,11,13,15,17H,2,5,8-10H2,1H3. The summed E-state index contributed by atoms with van der Waals surface area (Å²) in [7, 11) is 1.66. The van der Waals surface area contributed by atoms with Crippen molar-refractivity contribution in [3.63, 3.8) is 0 Å². The van der Waals surface area contributed by atoms with Crippen molar-refractivity contribution in [3.05, 3.63) is 29.8 Å². The van der Waals surface area contributed by atoms with Crippen LogP contribution in [0.2, 0.25) is 0 Å². The Hall–Kier alpha value is -1.06. The molecular weight excluding hydrogens is 226 g/mol. The van der Waals surface area contributed by atoms with Crippen molar-refractivity contribution in [3.8, 4) is 5.75 Å². The molecule has 2 bridgehead atoms. The summed E-state index contributed by atoms with van der Waals surface area (Å²) in [5, 5.41) is 10.3. The fourth-order valence-electron chi connectivity index (χ4n) is 3.40. The highest BCUT2D eigenvalue weighted by Gasteiger charge is 2.38. The zero-order chi connectivity index (χ0) is 12.5. The highest BCUT2D eigenvalue weighted by molar-refractivity contribution is 5.28. The van der Waals surface area contributed by atoms with Crippen LogP contribution in [-0.2, 0) is 0 Å². The van der Waals surface area contributed by atoms with E-state index in [0.29, 0.717) is 0 Å². The lowest BCUT2D eigenvalue weighted by Crippen LogP contribution is -2.35. The molecule has 0 spiro atoms. The number of hydrogen-bond acceptors (Lipinski definition) is 3. The second-order valence-electron chi connectivity index (χ2n) is 5.58. The summed E-state index contributed by atoms with van der Waals surface area (Å²) in [4.78, 5) is 2.46. The Labute approximate surface area is 108 Å². The maximum atomic E-state index is 10.3. The third-order valence-electron chi connectivity index (χ3n) is 4.43. The number of rotatable bonds is 4. The molecule has 0 amide bonds. The summed E-state index contributed by atoms with van der Waals surface area (Å²) in [5.41, 5.74) is 0.985. The molecule has 1 aromatic carbocycles. The lowest BCUT2D eigenvalue weighted by molar-refractivity contribution is 0.0946. The Morgan fingerprint density at radius 3 is 2.67 bits per heavy atom. The predicted molar refractivity (Wildman–Crippen MR) is 70.7 cm³/mol. The summed E-state index contributed by atoms with van der Waals surface area (Å²) in [6.45, 7) is 1.95. The first-order valence-corrected chi connectivity index (χ1v) is 6.82. The van der Waals surface area contributed by atoms with Crippen LogP contribution in [0.4, 0.5) is 0 Å². The zero-order valence-corrected chi connectivity index (χ0v) is 10.9. The Kier molecular flexibility index (Phi) is 3.27. The minimum Gasteiger partial charge on any atom is -0.497 e. The molecule has 98 valence electrons. The topological polar surface area (TPSA) is 32.7 Å². The average molecular weight is 247 g/mol. The van der Waals surface area contributed by atoms with Crippen LogP contribution < -0.4 is 4.74 Å². The van der Waals surface area contributed by atoms with Crippen LogP contribution in [-0.4, -0.2) is 36.2 Å². The molecule has 3 atom stereocenters. The molecule has 0 aromatic heterocycles. The van der Waals surface area contributed by atoms with Gasteiger partial charge in [0.1, 0.15) is 5.75 Å². The normalized spacial score (nSPS) is 28.6. The molecule has 1 heterocycles. The number of benzene rings is 1. The Bertz CT molecular complexity index is 403. The maximum Gasteiger partial charge on any atom is 0.118 e. The van der Waals surface area contributed by atoms with Gasteiger partial charge in [0.15, 0.2) is 0 Å². The summed E-state index contributed by atoms with van der Waals surface area (Å²) in [6.07, 6.45) is 3.67. The van der Waals surface area contributed by atoms with Crippen LogP contribution in [0.5, 0.6) is 5.75 Å². The van der Waals surface area contributed by atoms with Gasteiger partial charge in [-0.05, 0) is 42.9 Å². The number of aliphatic hydroxyl groups is 1. The first kappa shape index (κ1) is 12.0. The van der Waals surface area contributed by atoms with Crippen molar-refractivity contribution in [2.75, 3.05) is 20.2 Å². The summed E-state index contributed by atoms with van der Waals surface area (Å²) in [6, 6.07) is 8.46. The van der Waals surface area contributed by atoms with Gasteiger partial charge in [0, 0.05) is 19.1 Å². The van der Waals surface area contributed by atoms with Crippen molar-refractivity contribution in [1.82, 2.24) is 4.90 Å². The van der Waals surface area contributed by atoms with Gasteiger partial charge < -0.3 is 9.84 Å². The number of hydrogen-bond donors (Lipinski definition) is 1. The van der Waals surface area contributed by atoms with Gasteiger partial charge in [0.05, 0.1) is 13.2 Å². The van der Waals surface area contributed by atoms with Gasteiger partial charge in [-0.3, -0.25) is 4.90 Å². The molecule has 3 nitrogen and oxygen atoms in total. The monoisotopic (exact) mass is 247 g/mol. The number of nitrogens with zero attached hydrogens (tertiary/aromatic N) is 1. The largest absolute Gasteiger partial charge is 0.497 e. The molecule has 1 aliphatic heterocycles. The van der Waals surface area contributed by atoms with E-state index < -0.39 is 0 Å². The van der Waals surface area contributed by atoms with Crippen LogP contribution in [0.15, 0.2) is 24.3 Å². The smallest absolute Gasteiger partial charge is 0.118 e. The molecule has 2 aliphatic rings. The number of β-amino-alcohol motifs (C(OH)–C–C–N with tert-alkyl or cyclic N) is 1. The van der Waals surface area contributed by atoms with E-state index in [1.807, 2.05) is 24.3 Å². The third-order valence-corrected chi connectivity index (χ3v) is 4.43. The first-order valence-electron chi connectivity index (χ1n) is 6.82. The quantitative estimate of drug-likeness (QED) is 0.885. The van der Waals surface area contributed by atoms with E-state index in [1.54, 1.807) is 7.11 Å². The molecule has 3 unspecified atom stereocenters. The van der Waals surface area contributed by atoms with Gasteiger partial charge in [0.2, 0.25) is 0 Å². The number of aliphatic hydroxyl groups excluding tert-OH is 1. The van der Waals surface area contributed by atoms with Gasteiger partial charge >= 0.3 is 0 Å². The van der Waals surface area contributed by atoms with Crippen LogP contribution in [0.25, 0.3) is 0 Å². The van der Waals surface area contributed by atoms with Crippen LogP contribution in [0.1, 0.15) is 30.9 Å². The molecule has 1 saturated carbocycles. The molecule has 1 N–H and O–H groups in total. The lowest BCUT2D eigenvalue weighted by Gasteiger charge is -2.28. The van der Waals surface area contributed by atoms with Crippen LogP contribution in [0.3, 0.4) is 0 Å². The molecule has 18 heavy (non-hydrogen) atoms. The fraction of sp³-hybridized carbons (Fsp3) is 0.600. The van der Waals surface area contributed by atoms with Gasteiger partial charge in [-0.2, -0.15) is 0 Å². The molecule has 3 rings (SSSR count). The van der Waals surface area contributed by atoms with Crippen molar-refractivity contribution in [2.45, 2.75) is 31.4 Å². The Balaban J connectivity index is 1.62. The van der Waals surface area contributed by atoms with Crippen molar-refractivity contribution in [1.29, 1.82) is 0 Å². The highest BCUT2D eigenvalue weighted by atomic mass is 16.5.